The predicted molar refractivity (Wildman–Crippen MR) is 141 cm³/mol. The van der Waals surface area contributed by atoms with E-state index < -0.39 is 17.7 Å². The highest BCUT2D eigenvalue weighted by molar-refractivity contribution is 7.22. The summed E-state index contributed by atoms with van der Waals surface area (Å²) in [6.45, 7) is 10.2. The number of amides is 2. The van der Waals surface area contributed by atoms with Gasteiger partial charge >= 0.3 is 6.03 Å². The molecule has 1 aliphatic heterocycles. The van der Waals surface area contributed by atoms with Crippen LogP contribution in [0.15, 0.2) is 24.3 Å². The van der Waals surface area contributed by atoms with Crippen molar-refractivity contribution in [2.75, 3.05) is 51.1 Å². The first-order valence-electron chi connectivity index (χ1n) is 11.6. The van der Waals surface area contributed by atoms with Crippen molar-refractivity contribution in [2.24, 2.45) is 0 Å². The van der Waals surface area contributed by atoms with Crippen LogP contribution in [0.4, 0.5) is 18.7 Å². The van der Waals surface area contributed by atoms with E-state index in [9.17, 15) is 13.6 Å². The largest absolute Gasteiger partial charge is 0.483 e. The summed E-state index contributed by atoms with van der Waals surface area (Å²) in [6, 6.07) is 4.86. The van der Waals surface area contributed by atoms with Crippen molar-refractivity contribution in [3.8, 4) is 5.75 Å². The van der Waals surface area contributed by atoms with Crippen molar-refractivity contribution in [3.05, 3.63) is 51.5 Å². The molecule has 1 fully saturated rings. The second-order valence-electron chi connectivity index (χ2n) is 8.44. The van der Waals surface area contributed by atoms with Crippen molar-refractivity contribution in [1.82, 2.24) is 20.1 Å². The SMILES string of the molecule is CCN1CCN(CCNC(=O)Nc2nc3cc(F)c(O[C@@H](C)c4c(Cl)ccc(F)c4Cl)cc3s2)CC1. The third-order valence-corrected chi connectivity index (χ3v) is 7.73. The first-order chi connectivity index (χ1) is 17.2. The molecular weight excluding hydrogens is 531 g/mol. The second kappa shape index (κ2) is 11.9. The summed E-state index contributed by atoms with van der Waals surface area (Å²) in [5.74, 6) is -1.35. The minimum Gasteiger partial charge on any atom is -0.483 e. The normalized spacial score (nSPS) is 15.7. The fourth-order valence-corrected chi connectivity index (χ4v) is 5.59. The molecule has 0 bridgehead atoms. The van der Waals surface area contributed by atoms with Gasteiger partial charge in [-0.25, -0.2) is 18.6 Å². The lowest BCUT2D eigenvalue weighted by atomic mass is 10.1. The van der Waals surface area contributed by atoms with E-state index in [1.165, 1.54) is 29.5 Å². The van der Waals surface area contributed by atoms with Gasteiger partial charge in [0, 0.05) is 62.0 Å². The number of thiazole rings is 1. The molecule has 1 aliphatic rings. The number of benzene rings is 2. The summed E-state index contributed by atoms with van der Waals surface area (Å²) in [5.41, 5.74) is 0.608. The maximum Gasteiger partial charge on any atom is 0.321 e. The number of carbonyl (C=O) groups excluding carboxylic acids is 1. The third kappa shape index (κ3) is 6.36. The predicted octanol–water partition coefficient (Wildman–Crippen LogP) is 5.78. The number of nitrogens with one attached hydrogen (secondary N) is 2. The number of hydrogen-bond acceptors (Lipinski definition) is 6. The highest BCUT2D eigenvalue weighted by Crippen LogP contribution is 2.37. The van der Waals surface area contributed by atoms with Crippen LogP contribution < -0.4 is 15.4 Å². The molecule has 2 aromatic carbocycles. The molecule has 0 aliphatic carbocycles. The molecule has 0 radical (unpaired) electrons. The van der Waals surface area contributed by atoms with Crippen molar-refractivity contribution in [3.63, 3.8) is 0 Å². The zero-order chi connectivity index (χ0) is 25.8. The first-order valence-corrected chi connectivity index (χ1v) is 13.2. The molecule has 194 valence electrons. The number of aromatic nitrogens is 1. The molecule has 7 nitrogen and oxygen atoms in total. The number of fused-ring (bicyclic) bond motifs is 1. The van der Waals surface area contributed by atoms with Crippen molar-refractivity contribution < 1.29 is 18.3 Å². The number of ether oxygens (including phenoxy) is 1. The Kier molecular flexibility index (Phi) is 8.84. The minimum absolute atomic E-state index is 0.0609. The molecule has 2 N–H and O–H groups in total. The van der Waals surface area contributed by atoms with Crippen LogP contribution in [0.3, 0.4) is 0 Å². The number of rotatable bonds is 8. The van der Waals surface area contributed by atoms with Crippen molar-refractivity contribution in [2.45, 2.75) is 20.0 Å². The van der Waals surface area contributed by atoms with Gasteiger partial charge in [0.05, 0.1) is 15.2 Å². The van der Waals surface area contributed by atoms with Gasteiger partial charge in [0.1, 0.15) is 11.9 Å². The molecule has 0 saturated carbocycles. The highest BCUT2D eigenvalue weighted by Gasteiger charge is 2.21. The fourth-order valence-electron chi connectivity index (χ4n) is 4.04. The number of piperazine rings is 1. The zero-order valence-corrected chi connectivity index (χ0v) is 22.2. The minimum atomic E-state index is -0.811. The van der Waals surface area contributed by atoms with Crippen LogP contribution in [-0.4, -0.2) is 66.6 Å². The van der Waals surface area contributed by atoms with Gasteiger partial charge in [-0.2, -0.15) is 0 Å². The molecule has 2 amide bonds. The Morgan fingerprint density at radius 2 is 1.89 bits per heavy atom. The van der Waals surface area contributed by atoms with Crippen molar-refractivity contribution in [1.29, 1.82) is 0 Å². The Hall–Kier alpha value is -2.24. The molecule has 2 heterocycles. The van der Waals surface area contributed by atoms with Crippen LogP contribution in [0, 0.1) is 11.6 Å². The maximum atomic E-state index is 14.7. The second-order valence-corrected chi connectivity index (χ2v) is 10.3. The van der Waals surface area contributed by atoms with Gasteiger partial charge < -0.3 is 15.0 Å². The van der Waals surface area contributed by atoms with Gasteiger partial charge in [-0.15, -0.1) is 0 Å². The Morgan fingerprint density at radius 1 is 1.17 bits per heavy atom. The first kappa shape index (κ1) is 26.8. The Labute approximate surface area is 222 Å². The lowest BCUT2D eigenvalue weighted by Gasteiger charge is -2.33. The number of carbonyl (C=O) groups is 1. The lowest BCUT2D eigenvalue weighted by molar-refractivity contribution is 0.138. The highest BCUT2D eigenvalue weighted by atomic mass is 35.5. The Balaban J connectivity index is 1.36. The summed E-state index contributed by atoms with van der Waals surface area (Å²) < 4.78 is 35.0. The van der Waals surface area contributed by atoms with Crippen LogP contribution in [0.2, 0.25) is 10.0 Å². The van der Waals surface area contributed by atoms with E-state index in [0.29, 0.717) is 21.9 Å². The summed E-state index contributed by atoms with van der Waals surface area (Å²) in [7, 11) is 0. The Bertz CT molecular complexity index is 1240. The van der Waals surface area contributed by atoms with Crippen LogP contribution in [-0.2, 0) is 0 Å². The average Bonchev–Trinajstić information content (AvgIpc) is 3.23. The molecule has 4 rings (SSSR count). The van der Waals surface area contributed by atoms with E-state index in [2.05, 4.69) is 32.3 Å². The molecule has 12 heteroatoms. The average molecular weight is 558 g/mol. The van der Waals surface area contributed by atoms with Crippen LogP contribution in [0.1, 0.15) is 25.5 Å². The summed E-state index contributed by atoms with van der Waals surface area (Å²) in [4.78, 5) is 21.3. The number of hydrogen-bond donors (Lipinski definition) is 2. The molecule has 0 spiro atoms. The molecule has 3 aromatic rings. The summed E-state index contributed by atoms with van der Waals surface area (Å²) in [5, 5.41) is 5.92. The van der Waals surface area contributed by atoms with E-state index in [1.54, 1.807) is 6.92 Å². The van der Waals surface area contributed by atoms with E-state index in [1.807, 2.05) is 0 Å². The molecule has 0 unspecified atom stereocenters. The van der Waals surface area contributed by atoms with E-state index in [0.717, 1.165) is 45.3 Å². The van der Waals surface area contributed by atoms with Gasteiger partial charge in [0.25, 0.3) is 0 Å². The third-order valence-electron chi connectivity index (χ3n) is 6.08. The molecule has 1 atom stereocenters. The van der Waals surface area contributed by atoms with Crippen LogP contribution in [0.25, 0.3) is 10.2 Å². The van der Waals surface area contributed by atoms with Crippen molar-refractivity contribution >= 4 is 55.9 Å². The number of halogens is 4. The molecular formula is C24H27Cl2F2N5O2S. The summed E-state index contributed by atoms with van der Waals surface area (Å²) in [6.07, 6.45) is -0.811. The number of anilines is 1. The maximum absolute atomic E-state index is 14.7. The van der Waals surface area contributed by atoms with Gasteiger partial charge in [0.15, 0.2) is 16.7 Å². The van der Waals surface area contributed by atoms with E-state index in [-0.39, 0.29) is 27.4 Å². The molecule has 1 saturated heterocycles. The quantitative estimate of drug-likeness (QED) is 0.343. The zero-order valence-electron chi connectivity index (χ0n) is 19.9. The van der Waals surface area contributed by atoms with Crippen LogP contribution >= 0.6 is 34.5 Å². The number of nitrogens with zero attached hydrogens (tertiary/aromatic N) is 3. The van der Waals surface area contributed by atoms with Gasteiger partial charge in [0.2, 0.25) is 0 Å². The van der Waals surface area contributed by atoms with Crippen LogP contribution in [0.5, 0.6) is 5.75 Å². The van der Waals surface area contributed by atoms with Gasteiger partial charge in [-0.3, -0.25) is 10.2 Å². The molecule has 1 aromatic heterocycles. The van der Waals surface area contributed by atoms with Gasteiger partial charge in [-0.05, 0) is 25.6 Å². The van der Waals surface area contributed by atoms with E-state index >= 15 is 0 Å². The van der Waals surface area contributed by atoms with Gasteiger partial charge in [-0.1, -0.05) is 41.5 Å². The lowest BCUT2D eigenvalue weighted by Crippen LogP contribution is -2.48. The standard InChI is InChI=1S/C24H27Cl2F2N5O2S/c1-3-32-8-10-33(11-9-32)7-6-29-23(34)31-24-30-18-12-17(28)19(13-20(18)36-24)35-14(2)21-15(25)4-5-16(27)22(21)26/h4-5,12-14H,3,6-11H2,1-2H3,(H2,29,30,31,34)/t14-/m0/s1. The fraction of sp³-hybridized carbons (Fsp3) is 0.417. The number of urea groups is 1. The monoisotopic (exact) mass is 557 g/mol. The van der Waals surface area contributed by atoms with E-state index in [4.69, 9.17) is 27.9 Å². The number of likely N-dealkylation sites (N-methyl/N-ethyl adjacent to an activating group) is 1. The topological polar surface area (TPSA) is 69.7 Å². The molecule has 36 heavy (non-hydrogen) atoms. The Morgan fingerprint density at radius 3 is 2.61 bits per heavy atom. The summed E-state index contributed by atoms with van der Waals surface area (Å²) >= 11 is 13.4. The smallest absolute Gasteiger partial charge is 0.321 e.